The van der Waals surface area contributed by atoms with Crippen LogP contribution in [0.1, 0.15) is 5.56 Å². The first-order valence-corrected chi connectivity index (χ1v) is 11.7. The molecule has 0 bridgehead atoms. The van der Waals surface area contributed by atoms with E-state index in [0.717, 1.165) is 5.56 Å². The smallest absolute Gasteiger partial charge is 0.317 e. The minimum Gasteiger partial charge on any atom is -0.493 e. The van der Waals surface area contributed by atoms with E-state index in [1.54, 1.807) is 11.0 Å². The first-order valence-electron chi connectivity index (χ1n) is 9.84. The number of carbonyl (C=O) groups excluding carboxylic acids is 1. The molecule has 31 heavy (non-hydrogen) atoms. The number of hydrogen-bond donors (Lipinski definition) is 1. The molecule has 8 nitrogen and oxygen atoms in total. The van der Waals surface area contributed by atoms with E-state index in [2.05, 4.69) is 5.32 Å². The maximum absolute atomic E-state index is 13.0. The van der Waals surface area contributed by atoms with E-state index in [1.165, 1.54) is 30.7 Å². The topological polar surface area (TPSA) is 88.2 Å². The van der Waals surface area contributed by atoms with Crippen molar-refractivity contribution in [1.82, 2.24) is 14.5 Å². The monoisotopic (exact) mass is 467 g/mol. The van der Waals surface area contributed by atoms with Crippen LogP contribution >= 0.6 is 11.6 Å². The molecule has 2 amide bonds. The fourth-order valence-corrected chi connectivity index (χ4v) is 4.90. The molecule has 1 aliphatic heterocycles. The van der Waals surface area contributed by atoms with Gasteiger partial charge in [0.2, 0.25) is 10.0 Å². The molecular formula is C21H26ClN3O5S. The summed E-state index contributed by atoms with van der Waals surface area (Å²) >= 11 is 5.87. The third kappa shape index (κ3) is 5.61. The highest BCUT2D eigenvalue weighted by molar-refractivity contribution is 7.89. The Morgan fingerprint density at radius 2 is 1.65 bits per heavy atom. The number of nitrogens with one attached hydrogen (secondary N) is 1. The van der Waals surface area contributed by atoms with Crippen molar-refractivity contribution in [3.05, 3.63) is 53.1 Å². The molecule has 1 fully saturated rings. The fraction of sp³-hybridized carbons (Fsp3) is 0.381. The molecule has 1 aliphatic rings. The predicted molar refractivity (Wildman–Crippen MR) is 118 cm³/mol. The number of piperazine rings is 1. The van der Waals surface area contributed by atoms with E-state index in [9.17, 15) is 13.2 Å². The van der Waals surface area contributed by atoms with Crippen LogP contribution in [0.4, 0.5) is 4.79 Å². The van der Waals surface area contributed by atoms with Crippen LogP contribution in [0.15, 0.2) is 47.4 Å². The lowest BCUT2D eigenvalue weighted by Crippen LogP contribution is -2.53. The number of halogens is 1. The summed E-state index contributed by atoms with van der Waals surface area (Å²) in [5, 5.41) is 3.56. The number of methoxy groups -OCH3 is 2. The van der Waals surface area contributed by atoms with E-state index in [-0.39, 0.29) is 24.0 Å². The van der Waals surface area contributed by atoms with Gasteiger partial charge < -0.3 is 19.7 Å². The minimum absolute atomic E-state index is 0.131. The van der Waals surface area contributed by atoms with Gasteiger partial charge in [0.05, 0.1) is 19.1 Å². The lowest BCUT2D eigenvalue weighted by atomic mass is 10.1. The van der Waals surface area contributed by atoms with Crippen molar-refractivity contribution in [2.45, 2.75) is 11.3 Å². The van der Waals surface area contributed by atoms with Crippen molar-refractivity contribution in [1.29, 1.82) is 0 Å². The normalized spacial score (nSPS) is 14.9. The van der Waals surface area contributed by atoms with Gasteiger partial charge in [-0.25, -0.2) is 13.2 Å². The molecule has 0 saturated carbocycles. The molecule has 0 aromatic heterocycles. The molecule has 0 radical (unpaired) electrons. The van der Waals surface area contributed by atoms with Crippen LogP contribution in [-0.2, 0) is 16.4 Å². The highest BCUT2D eigenvalue weighted by atomic mass is 35.5. The number of rotatable bonds is 7. The average Bonchev–Trinajstić information content (AvgIpc) is 2.79. The number of urea groups is 1. The van der Waals surface area contributed by atoms with E-state index < -0.39 is 10.0 Å². The number of benzene rings is 2. The first-order chi connectivity index (χ1) is 14.8. The highest BCUT2D eigenvalue weighted by Gasteiger charge is 2.30. The van der Waals surface area contributed by atoms with Crippen molar-refractivity contribution >= 4 is 27.7 Å². The van der Waals surface area contributed by atoms with Gasteiger partial charge in [0.1, 0.15) is 0 Å². The Kier molecular flexibility index (Phi) is 7.64. The van der Waals surface area contributed by atoms with Crippen LogP contribution in [0.2, 0.25) is 5.02 Å². The Labute approximate surface area is 187 Å². The fourth-order valence-electron chi connectivity index (χ4n) is 3.33. The van der Waals surface area contributed by atoms with Gasteiger partial charge in [0.25, 0.3) is 0 Å². The predicted octanol–water partition coefficient (Wildman–Crippen LogP) is 2.62. The molecular weight excluding hydrogens is 442 g/mol. The molecule has 3 rings (SSSR count). The SMILES string of the molecule is COc1ccc(S(=O)(=O)N2CCN(C(=O)NCCc3ccc(Cl)cc3)CC2)cc1OC. The first kappa shape index (κ1) is 23.2. The Morgan fingerprint density at radius 3 is 2.26 bits per heavy atom. The Bertz CT molecular complexity index is 1010. The van der Waals surface area contributed by atoms with Crippen molar-refractivity contribution in [2.75, 3.05) is 46.9 Å². The summed E-state index contributed by atoms with van der Waals surface area (Å²) < 4.78 is 37.7. The molecule has 1 N–H and O–H groups in total. The number of sulfonamides is 1. The molecule has 10 heteroatoms. The second-order valence-electron chi connectivity index (χ2n) is 7.02. The molecule has 0 spiro atoms. The standard InChI is InChI=1S/C21H26ClN3O5S/c1-29-19-8-7-18(15-20(19)30-2)31(27,28)25-13-11-24(12-14-25)21(26)23-10-9-16-3-5-17(22)6-4-16/h3-8,15H,9-14H2,1-2H3,(H,23,26). The summed E-state index contributed by atoms with van der Waals surface area (Å²) in [5.74, 6) is 0.809. The van der Waals surface area contributed by atoms with Crippen LogP contribution in [0.3, 0.4) is 0 Å². The molecule has 0 atom stereocenters. The number of amides is 2. The molecule has 1 heterocycles. The summed E-state index contributed by atoms with van der Waals surface area (Å²) in [6.07, 6.45) is 0.691. The molecule has 0 unspecified atom stereocenters. The molecule has 2 aromatic rings. The van der Waals surface area contributed by atoms with Gasteiger partial charge in [-0.15, -0.1) is 0 Å². The average molecular weight is 468 g/mol. The van der Waals surface area contributed by atoms with Crippen molar-refractivity contribution in [2.24, 2.45) is 0 Å². The van der Waals surface area contributed by atoms with Gasteiger partial charge in [-0.1, -0.05) is 23.7 Å². The summed E-state index contributed by atoms with van der Waals surface area (Å²) in [4.78, 5) is 14.2. The number of ether oxygens (including phenoxy) is 2. The minimum atomic E-state index is -3.70. The van der Waals surface area contributed by atoms with E-state index >= 15 is 0 Å². The zero-order valence-corrected chi connectivity index (χ0v) is 19.1. The number of carbonyl (C=O) groups is 1. The van der Waals surface area contributed by atoms with Crippen molar-refractivity contribution < 1.29 is 22.7 Å². The lowest BCUT2D eigenvalue weighted by molar-refractivity contribution is 0.172. The Hall–Kier alpha value is -2.49. The highest BCUT2D eigenvalue weighted by Crippen LogP contribution is 2.30. The van der Waals surface area contributed by atoms with Crippen LogP contribution < -0.4 is 14.8 Å². The quantitative estimate of drug-likeness (QED) is 0.676. The van der Waals surface area contributed by atoms with E-state index in [0.29, 0.717) is 42.6 Å². The van der Waals surface area contributed by atoms with Gasteiger partial charge in [0.15, 0.2) is 11.5 Å². The largest absolute Gasteiger partial charge is 0.493 e. The Morgan fingerprint density at radius 1 is 1.00 bits per heavy atom. The van der Waals surface area contributed by atoms with Crippen LogP contribution in [0.5, 0.6) is 11.5 Å². The van der Waals surface area contributed by atoms with Crippen LogP contribution in [-0.4, -0.2) is 70.6 Å². The summed E-state index contributed by atoms with van der Waals surface area (Å²) in [6, 6.07) is 11.8. The van der Waals surface area contributed by atoms with Gasteiger partial charge in [-0.2, -0.15) is 4.31 Å². The van der Waals surface area contributed by atoms with Gasteiger partial charge >= 0.3 is 6.03 Å². The summed E-state index contributed by atoms with van der Waals surface area (Å²) in [6.45, 7) is 1.58. The third-order valence-corrected chi connectivity index (χ3v) is 7.27. The van der Waals surface area contributed by atoms with Crippen LogP contribution in [0.25, 0.3) is 0 Å². The second kappa shape index (κ2) is 10.2. The maximum atomic E-state index is 13.0. The zero-order chi connectivity index (χ0) is 22.4. The molecule has 0 aliphatic carbocycles. The third-order valence-electron chi connectivity index (χ3n) is 5.12. The second-order valence-corrected chi connectivity index (χ2v) is 9.39. The number of hydrogen-bond acceptors (Lipinski definition) is 5. The van der Waals surface area contributed by atoms with Gasteiger partial charge in [0, 0.05) is 43.8 Å². The molecule has 1 saturated heterocycles. The van der Waals surface area contributed by atoms with Crippen LogP contribution in [0, 0.1) is 0 Å². The Balaban J connectivity index is 1.53. The van der Waals surface area contributed by atoms with E-state index in [1.807, 2.05) is 24.3 Å². The van der Waals surface area contributed by atoms with Crippen molar-refractivity contribution in [3.8, 4) is 11.5 Å². The summed E-state index contributed by atoms with van der Waals surface area (Å²) in [7, 11) is -0.748. The van der Waals surface area contributed by atoms with Gasteiger partial charge in [-0.05, 0) is 36.2 Å². The molecule has 168 valence electrons. The zero-order valence-electron chi connectivity index (χ0n) is 17.5. The number of nitrogens with zero attached hydrogens (tertiary/aromatic N) is 2. The molecule has 2 aromatic carbocycles. The van der Waals surface area contributed by atoms with E-state index in [4.69, 9.17) is 21.1 Å². The summed E-state index contributed by atoms with van der Waals surface area (Å²) in [5.41, 5.74) is 1.08. The lowest BCUT2D eigenvalue weighted by Gasteiger charge is -2.34. The maximum Gasteiger partial charge on any atom is 0.317 e. The van der Waals surface area contributed by atoms with Crippen molar-refractivity contribution in [3.63, 3.8) is 0 Å². The van der Waals surface area contributed by atoms with Gasteiger partial charge in [-0.3, -0.25) is 0 Å².